The third-order valence-electron chi connectivity index (χ3n) is 7.34. The molecule has 0 radical (unpaired) electrons. The van der Waals surface area contributed by atoms with E-state index in [9.17, 15) is 0 Å². The van der Waals surface area contributed by atoms with Gasteiger partial charge in [-0.25, -0.2) is 0 Å². The molecule has 0 bridgehead atoms. The van der Waals surface area contributed by atoms with Crippen molar-refractivity contribution >= 4 is 0 Å². The van der Waals surface area contributed by atoms with Crippen molar-refractivity contribution in [3.63, 3.8) is 0 Å². The first-order valence-corrected chi connectivity index (χ1v) is 14.9. The van der Waals surface area contributed by atoms with Crippen molar-refractivity contribution in [2.75, 3.05) is 6.54 Å². The van der Waals surface area contributed by atoms with Crippen LogP contribution < -0.4 is 0 Å². The standard InChI is InChI=1S/C30H60N2/c1-5-7-9-11-13-14-15-16-17-18-19-21-23-25-30-31(27-28-32(30)29(3)4)26-24-22-20-12-10-8-6-2/h27-30H,5-26H2,1-4H3. The van der Waals surface area contributed by atoms with E-state index in [1.165, 1.54) is 141 Å². The quantitative estimate of drug-likeness (QED) is 0.143. The minimum Gasteiger partial charge on any atom is -0.356 e. The van der Waals surface area contributed by atoms with Crippen LogP contribution in [0.2, 0.25) is 0 Å². The summed E-state index contributed by atoms with van der Waals surface area (Å²) in [6.07, 6.45) is 35.3. The van der Waals surface area contributed by atoms with E-state index < -0.39 is 0 Å². The Morgan fingerprint density at radius 3 is 1.38 bits per heavy atom. The average molecular weight is 449 g/mol. The maximum atomic E-state index is 2.65. The number of nitrogens with zero attached hydrogens (tertiary/aromatic N) is 2. The largest absolute Gasteiger partial charge is 0.356 e. The van der Waals surface area contributed by atoms with Crippen LogP contribution in [0.15, 0.2) is 12.4 Å². The highest BCUT2D eigenvalue weighted by atomic mass is 15.4. The fraction of sp³-hybridized carbons (Fsp3) is 0.933. The van der Waals surface area contributed by atoms with Crippen LogP contribution in [-0.4, -0.2) is 28.6 Å². The second-order valence-electron chi connectivity index (χ2n) is 10.7. The molecule has 2 nitrogen and oxygen atoms in total. The predicted molar refractivity (Wildman–Crippen MR) is 145 cm³/mol. The molecule has 32 heavy (non-hydrogen) atoms. The summed E-state index contributed by atoms with van der Waals surface area (Å²) in [6.45, 7) is 10.5. The van der Waals surface area contributed by atoms with Gasteiger partial charge in [0.2, 0.25) is 0 Å². The van der Waals surface area contributed by atoms with Gasteiger partial charge < -0.3 is 9.80 Å². The highest BCUT2D eigenvalue weighted by Gasteiger charge is 2.26. The van der Waals surface area contributed by atoms with Crippen LogP contribution >= 0.6 is 0 Å². The van der Waals surface area contributed by atoms with Crippen molar-refractivity contribution in [1.82, 2.24) is 9.80 Å². The van der Waals surface area contributed by atoms with E-state index >= 15 is 0 Å². The maximum absolute atomic E-state index is 2.65. The lowest BCUT2D eigenvalue weighted by Gasteiger charge is -2.35. The van der Waals surface area contributed by atoms with Crippen molar-refractivity contribution in [2.24, 2.45) is 0 Å². The third kappa shape index (κ3) is 14.5. The highest BCUT2D eigenvalue weighted by Crippen LogP contribution is 2.25. The van der Waals surface area contributed by atoms with Gasteiger partial charge in [-0.05, 0) is 33.1 Å². The molecule has 2 heteroatoms. The van der Waals surface area contributed by atoms with Crippen LogP contribution in [0.1, 0.15) is 163 Å². The van der Waals surface area contributed by atoms with E-state index in [0.29, 0.717) is 12.2 Å². The Bertz CT molecular complexity index is 417. The normalized spacial score (nSPS) is 16.1. The number of rotatable bonds is 23. The van der Waals surface area contributed by atoms with E-state index in [1.807, 2.05) is 0 Å². The average Bonchev–Trinajstić information content (AvgIpc) is 3.19. The number of hydrogen-bond donors (Lipinski definition) is 0. The zero-order valence-electron chi connectivity index (χ0n) is 22.8. The molecule has 1 heterocycles. The Balaban J connectivity index is 2.07. The smallest absolute Gasteiger partial charge is 0.101 e. The molecule has 190 valence electrons. The second kappa shape index (κ2) is 20.9. The van der Waals surface area contributed by atoms with Gasteiger partial charge in [-0.15, -0.1) is 0 Å². The van der Waals surface area contributed by atoms with E-state index in [2.05, 4.69) is 49.9 Å². The fourth-order valence-corrected chi connectivity index (χ4v) is 5.18. The maximum Gasteiger partial charge on any atom is 0.101 e. The Labute approximate surface area is 203 Å². The molecule has 0 saturated carbocycles. The van der Waals surface area contributed by atoms with Crippen molar-refractivity contribution in [3.8, 4) is 0 Å². The van der Waals surface area contributed by atoms with Gasteiger partial charge in [-0.3, -0.25) is 0 Å². The topological polar surface area (TPSA) is 6.48 Å². The molecule has 1 aliphatic rings. The Morgan fingerprint density at radius 2 is 0.938 bits per heavy atom. The molecular formula is C30H60N2. The molecule has 0 saturated heterocycles. The van der Waals surface area contributed by atoms with Crippen molar-refractivity contribution in [2.45, 2.75) is 175 Å². The summed E-state index contributed by atoms with van der Waals surface area (Å²) in [5.41, 5.74) is 0. The van der Waals surface area contributed by atoms with Crippen molar-refractivity contribution in [1.29, 1.82) is 0 Å². The SMILES string of the molecule is CCCCCCCCCCCCCCCC1N(CCCCCCCCC)C=CN1C(C)C. The minimum absolute atomic E-state index is 0.609. The summed E-state index contributed by atoms with van der Waals surface area (Å²) in [6, 6.07) is 0.609. The van der Waals surface area contributed by atoms with E-state index in [-0.39, 0.29) is 0 Å². The van der Waals surface area contributed by atoms with Gasteiger partial charge in [0.05, 0.1) is 0 Å². The van der Waals surface area contributed by atoms with Gasteiger partial charge in [0.25, 0.3) is 0 Å². The molecule has 0 aromatic heterocycles. The zero-order valence-corrected chi connectivity index (χ0v) is 22.8. The molecule has 0 aromatic carbocycles. The van der Waals surface area contributed by atoms with E-state index in [1.54, 1.807) is 0 Å². The van der Waals surface area contributed by atoms with Crippen molar-refractivity contribution < 1.29 is 0 Å². The van der Waals surface area contributed by atoms with Crippen LogP contribution in [0.4, 0.5) is 0 Å². The van der Waals surface area contributed by atoms with Gasteiger partial charge in [-0.2, -0.15) is 0 Å². The minimum atomic E-state index is 0.609. The number of hydrogen-bond acceptors (Lipinski definition) is 2. The van der Waals surface area contributed by atoms with Crippen LogP contribution in [-0.2, 0) is 0 Å². The third-order valence-corrected chi connectivity index (χ3v) is 7.34. The van der Waals surface area contributed by atoms with Crippen LogP contribution in [0, 0.1) is 0 Å². The van der Waals surface area contributed by atoms with Crippen molar-refractivity contribution in [3.05, 3.63) is 12.4 Å². The first kappa shape index (κ1) is 29.4. The summed E-state index contributed by atoms with van der Waals surface area (Å²) in [5.74, 6) is 0. The molecule has 0 spiro atoms. The lowest BCUT2D eigenvalue weighted by Crippen LogP contribution is -2.42. The van der Waals surface area contributed by atoms with Gasteiger partial charge >= 0.3 is 0 Å². The first-order valence-electron chi connectivity index (χ1n) is 14.9. The molecule has 1 aliphatic heterocycles. The molecular weight excluding hydrogens is 388 g/mol. The first-order chi connectivity index (χ1) is 15.7. The summed E-state index contributed by atoms with van der Waals surface area (Å²) in [7, 11) is 0. The molecule has 1 atom stereocenters. The van der Waals surface area contributed by atoms with Gasteiger partial charge in [0, 0.05) is 25.0 Å². The van der Waals surface area contributed by atoms with Crippen LogP contribution in [0.25, 0.3) is 0 Å². The second-order valence-corrected chi connectivity index (χ2v) is 10.7. The van der Waals surface area contributed by atoms with E-state index in [4.69, 9.17) is 0 Å². The molecule has 0 aromatic rings. The van der Waals surface area contributed by atoms with Gasteiger partial charge in [-0.1, -0.05) is 129 Å². The zero-order chi connectivity index (χ0) is 23.3. The molecule has 0 aliphatic carbocycles. The summed E-state index contributed by atoms with van der Waals surface area (Å²) >= 11 is 0. The van der Waals surface area contributed by atoms with Gasteiger partial charge in [0.15, 0.2) is 0 Å². The lowest BCUT2D eigenvalue weighted by atomic mass is 10.0. The Kier molecular flexibility index (Phi) is 19.2. The summed E-state index contributed by atoms with van der Waals surface area (Å²) in [5, 5.41) is 0. The van der Waals surface area contributed by atoms with E-state index in [0.717, 1.165) is 0 Å². The fourth-order valence-electron chi connectivity index (χ4n) is 5.18. The van der Waals surface area contributed by atoms with Crippen LogP contribution in [0.3, 0.4) is 0 Å². The molecule has 1 rings (SSSR count). The molecule has 1 unspecified atom stereocenters. The molecule has 0 N–H and O–H groups in total. The highest BCUT2D eigenvalue weighted by molar-refractivity contribution is 4.98. The monoisotopic (exact) mass is 448 g/mol. The Morgan fingerprint density at radius 1 is 0.531 bits per heavy atom. The lowest BCUT2D eigenvalue weighted by molar-refractivity contribution is 0.114. The Hall–Kier alpha value is -0.660. The molecule has 0 fully saturated rings. The number of unbranched alkanes of at least 4 members (excludes halogenated alkanes) is 18. The molecule has 0 amide bonds. The predicted octanol–water partition coefficient (Wildman–Crippen LogP) is 10.0. The van der Waals surface area contributed by atoms with Gasteiger partial charge in [0.1, 0.15) is 6.17 Å². The van der Waals surface area contributed by atoms with Crippen LogP contribution in [0.5, 0.6) is 0 Å². The summed E-state index contributed by atoms with van der Waals surface area (Å²) in [4.78, 5) is 5.24. The summed E-state index contributed by atoms with van der Waals surface area (Å²) < 4.78 is 0.